The van der Waals surface area contributed by atoms with Crippen LogP contribution in [0.25, 0.3) is 11.6 Å². The Labute approximate surface area is 153 Å². The number of hydrogen-bond acceptors (Lipinski definition) is 3. The van der Waals surface area contributed by atoms with E-state index < -0.39 is 24.3 Å². The van der Waals surface area contributed by atoms with Crippen LogP contribution >= 0.6 is 23.2 Å². The van der Waals surface area contributed by atoms with Gasteiger partial charge in [0.2, 0.25) is 0 Å². The smallest absolute Gasteiger partial charge is 0.323 e. The lowest BCUT2D eigenvalue weighted by Gasteiger charge is -2.27. The van der Waals surface area contributed by atoms with Gasteiger partial charge in [-0.2, -0.15) is 0 Å². The van der Waals surface area contributed by atoms with Crippen LogP contribution in [0.2, 0.25) is 10.0 Å². The summed E-state index contributed by atoms with van der Waals surface area (Å²) < 4.78 is 0. The zero-order chi connectivity index (χ0) is 18.1. The van der Waals surface area contributed by atoms with Crippen LogP contribution in [-0.4, -0.2) is 34.3 Å². The maximum atomic E-state index is 12.7. The number of imide groups is 1. The third kappa shape index (κ3) is 3.29. The van der Waals surface area contributed by atoms with Crippen molar-refractivity contribution in [3.8, 4) is 0 Å². The van der Waals surface area contributed by atoms with E-state index in [4.69, 9.17) is 28.3 Å². The molecule has 1 aliphatic rings. The number of hydrogen-bond donors (Lipinski definition) is 1. The van der Waals surface area contributed by atoms with Crippen LogP contribution < -0.4 is 0 Å². The molecule has 2 amide bonds. The number of amides is 2. The molecule has 0 aliphatic carbocycles. The standard InChI is InChI=1S/C18H11Cl2NO4/c19-14-6-5-10(8-15(14)20)7-13-11-3-1-2-4-12(11)17(24)21(18(13)25)9-16(22)23/h1-8H,9H2,(H,22,23)/b13-7-. The molecule has 0 atom stereocenters. The third-order valence-electron chi connectivity index (χ3n) is 3.72. The summed E-state index contributed by atoms with van der Waals surface area (Å²) in [6.45, 7) is -0.704. The van der Waals surface area contributed by atoms with Gasteiger partial charge in [-0.25, -0.2) is 0 Å². The van der Waals surface area contributed by atoms with E-state index in [2.05, 4.69) is 0 Å². The summed E-state index contributed by atoms with van der Waals surface area (Å²) >= 11 is 11.9. The first-order valence-electron chi connectivity index (χ1n) is 7.22. The lowest BCUT2D eigenvalue weighted by atomic mass is 9.92. The Balaban J connectivity index is 2.16. The van der Waals surface area contributed by atoms with E-state index in [9.17, 15) is 14.4 Å². The number of carbonyl (C=O) groups excluding carboxylic acids is 2. The van der Waals surface area contributed by atoms with E-state index in [1.165, 1.54) is 0 Å². The number of fused-ring (bicyclic) bond motifs is 1. The molecule has 2 aromatic rings. The average Bonchev–Trinajstić information content (AvgIpc) is 2.58. The zero-order valence-corrected chi connectivity index (χ0v) is 14.2. The molecule has 0 aromatic heterocycles. The van der Waals surface area contributed by atoms with Gasteiger partial charge in [-0.05, 0) is 35.4 Å². The highest BCUT2D eigenvalue weighted by Crippen LogP contribution is 2.31. The van der Waals surface area contributed by atoms with Crippen LogP contribution in [0.4, 0.5) is 0 Å². The average molecular weight is 376 g/mol. The maximum absolute atomic E-state index is 12.7. The summed E-state index contributed by atoms with van der Waals surface area (Å²) in [6.07, 6.45) is 1.56. The molecule has 1 aliphatic heterocycles. The second-order valence-corrected chi connectivity index (χ2v) is 6.18. The first-order chi connectivity index (χ1) is 11.9. The van der Waals surface area contributed by atoms with Gasteiger partial charge in [0.05, 0.1) is 10.0 Å². The number of nitrogens with zero attached hydrogens (tertiary/aromatic N) is 1. The minimum Gasteiger partial charge on any atom is -0.480 e. The highest BCUT2D eigenvalue weighted by atomic mass is 35.5. The molecule has 2 aromatic carbocycles. The predicted molar refractivity (Wildman–Crippen MR) is 94.5 cm³/mol. The first-order valence-corrected chi connectivity index (χ1v) is 7.98. The van der Waals surface area contributed by atoms with Crippen LogP contribution in [0.15, 0.2) is 42.5 Å². The molecule has 7 heteroatoms. The number of halogens is 2. The largest absolute Gasteiger partial charge is 0.480 e. The van der Waals surface area contributed by atoms with Crippen molar-refractivity contribution in [2.75, 3.05) is 6.54 Å². The third-order valence-corrected chi connectivity index (χ3v) is 4.46. The molecule has 0 saturated carbocycles. The number of carboxylic acids is 1. The van der Waals surface area contributed by atoms with E-state index >= 15 is 0 Å². The van der Waals surface area contributed by atoms with Crippen molar-refractivity contribution in [2.24, 2.45) is 0 Å². The highest BCUT2D eigenvalue weighted by molar-refractivity contribution is 6.42. The molecule has 1 N–H and O–H groups in total. The number of benzene rings is 2. The van der Waals surface area contributed by atoms with E-state index in [-0.39, 0.29) is 11.1 Å². The minimum atomic E-state index is -1.27. The van der Waals surface area contributed by atoms with E-state index in [0.717, 1.165) is 0 Å². The Morgan fingerprint density at radius 2 is 1.68 bits per heavy atom. The summed E-state index contributed by atoms with van der Waals surface area (Å²) in [5.41, 5.74) is 1.55. The molecule has 5 nitrogen and oxygen atoms in total. The Kier molecular flexibility index (Phi) is 4.61. The lowest BCUT2D eigenvalue weighted by Crippen LogP contribution is -2.44. The Morgan fingerprint density at radius 1 is 1.00 bits per heavy atom. The van der Waals surface area contributed by atoms with Crippen molar-refractivity contribution < 1.29 is 19.5 Å². The second kappa shape index (κ2) is 6.70. The van der Waals surface area contributed by atoms with Crippen molar-refractivity contribution >= 4 is 52.6 Å². The number of carboxylic acid groups (broad SMARTS) is 1. The lowest BCUT2D eigenvalue weighted by molar-refractivity contribution is -0.141. The van der Waals surface area contributed by atoms with Gasteiger partial charge in [0, 0.05) is 11.1 Å². The van der Waals surface area contributed by atoms with Gasteiger partial charge in [0.15, 0.2) is 0 Å². The van der Waals surface area contributed by atoms with Crippen LogP contribution in [0.5, 0.6) is 0 Å². The number of aliphatic carboxylic acids is 1. The molecule has 0 bridgehead atoms. The molecule has 0 saturated heterocycles. The van der Waals surface area contributed by atoms with Gasteiger partial charge in [-0.15, -0.1) is 0 Å². The molecule has 1 heterocycles. The van der Waals surface area contributed by atoms with Crippen LogP contribution in [0.3, 0.4) is 0 Å². The first kappa shape index (κ1) is 17.2. The Hall–Kier alpha value is -2.63. The van der Waals surface area contributed by atoms with Gasteiger partial charge < -0.3 is 5.11 Å². The van der Waals surface area contributed by atoms with Crippen molar-refractivity contribution in [1.29, 1.82) is 0 Å². The molecule has 0 spiro atoms. The van der Waals surface area contributed by atoms with Crippen molar-refractivity contribution in [3.63, 3.8) is 0 Å². The molecule has 25 heavy (non-hydrogen) atoms. The van der Waals surface area contributed by atoms with E-state index in [0.29, 0.717) is 26.1 Å². The summed E-state index contributed by atoms with van der Waals surface area (Å²) in [4.78, 5) is 36.9. The van der Waals surface area contributed by atoms with Gasteiger partial charge in [-0.3, -0.25) is 19.3 Å². The normalized spacial score (nSPS) is 15.4. The number of carbonyl (C=O) groups is 3. The summed E-state index contributed by atoms with van der Waals surface area (Å²) in [6, 6.07) is 11.4. The summed E-state index contributed by atoms with van der Waals surface area (Å²) in [7, 11) is 0. The molecular weight excluding hydrogens is 365 g/mol. The van der Waals surface area contributed by atoms with Crippen molar-refractivity contribution in [2.45, 2.75) is 0 Å². The number of rotatable bonds is 3. The van der Waals surface area contributed by atoms with Crippen LogP contribution in [0.1, 0.15) is 21.5 Å². The maximum Gasteiger partial charge on any atom is 0.323 e. The van der Waals surface area contributed by atoms with Crippen molar-refractivity contribution in [1.82, 2.24) is 4.90 Å². The van der Waals surface area contributed by atoms with E-state index in [1.54, 1.807) is 48.5 Å². The van der Waals surface area contributed by atoms with E-state index in [1.807, 2.05) is 0 Å². The monoisotopic (exact) mass is 375 g/mol. The quantitative estimate of drug-likeness (QED) is 0.656. The van der Waals surface area contributed by atoms with Gasteiger partial charge >= 0.3 is 5.97 Å². The fraction of sp³-hybridized carbons (Fsp3) is 0.0556. The molecule has 0 unspecified atom stereocenters. The van der Waals surface area contributed by atoms with Crippen molar-refractivity contribution in [3.05, 3.63) is 69.2 Å². The van der Waals surface area contributed by atoms with Crippen LogP contribution in [-0.2, 0) is 9.59 Å². The van der Waals surface area contributed by atoms with Crippen LogP contribution in [0, 0.1) is 0 Å². The molecule has 126 valence electrons. The summed E-state index contributed by atoms with van der Waals surface area (Å²) in [5.74, 6) is -2.57. The zero-order valence-electron chi connectivity index (χ0n) is 12.7. The molecular formula is C18H11Cl2NO4. The van der Waals surface area contributed by atoms with Gasteiger partial charge in [-0.1, -0.05) is 47.5 Å². The van der Waals surface area contributed by atoms with Gasteiger partial charge in [0.25, 0.3) is 11.8 Å². The fourth-order valence-electron chi connectivity index (χ4n) is 2.59. The topological polar surface area (TPSA) is 74.7 Å². The fourth-order valence-corrected chi connectivity index (χ4v) is 2.90. The predicted octanol–water partition coefficient (Wildman–Crippen LogP) is 3.60. The minimum absolute atomic E-state index is 0.217. The van der Waals surface area contributed by atoms with Gasteiger partial charge in [0.1, 0.15) is 6.54 Å². The highest BCUT2D eigenvalue weighted by Gasteiger charge is 2.35. The Bertz CT molecular complexity index is 936. The summed E-state index contributed by atoms with van der Waals surface area (Å²) in [5, 5.41) is 9.70. The molecule has 0 radical (unpaired) electrons. The SMILES string of the molecule is O=C(O)CN1C(=O)/C(=C\c2ccc(Cl)c(Cl)c2)c2ccccc2C1=O. The molecule has 0 fully saturated rings. The molecule has 3 rings (SSSR count). The Morgan fingerprint density at radius 3 is 2.32 bits per heavy atom. The second-order valence-electron chi connectivity index (χ2n) is 5.37.